The summed E-state index contributed by atoms with van der Waals surface area (Å²) in [4.78, 5) is 11.1. The van der Waals surface area contributed by atoms with Gasteiger partial charge in [0.2, 0.25) is 0 Å². The lowest BCUT2D eigenvalue weighted by molar-refractivity contribution is -0.722. The average Bonchev–Trinajstić information content (AvgIpc) is 2.74. The van der Waals surface area contributed by atoms with Gasteiger partial charge in [0, 0.05) is 22.7 Å². The number of nitrogens with zero attached hydrogens (tertiary/aromatic N) is 1. The number of carbonyl (C=O) groups excluding carboxylic acids is 1. The van der Waals surface area contributed by atoms with Crippen LogP contribution in [0.5, 0.6) is 0 Å². The SMILES string of the molecule is CC(C)(C)[NH2+]C[C@@H](O)Cn1cc(C=O)c2ccccc21. The van der Waals surface area contributed by atoms with Crippen LogP contribution in [0.4, 0.5) is 0 Å². The third-order valence-electron chi connectivity index (χ3n) is 3.36. The molecule has 0 fully saturated rings. The molecule has 1 heterocycles. The molecule has 3 N–H and O–H groups in total. The highest BCUT2D eigenvalue weighted by molar-refractivity contribution is 5.97. The Bertz CT molecular complexity index is 596. The Labute approximate surface area is 119 Å². The molecular formula is C16H23N2O2+. The summed E-state index contributed by atoms with van der Waals surface area (Å²) < 4.78 is 1.96. The van der Waals surface area contributed by atoms with Gasteiger partial charge in [-0.15, -0.1) is 0 Å². The summed E-state index contributed by atoms with van der Waals surface area (Å²) in [6.45, 7) is 7.51. The smallest absolute Gasteiger partial charge is 0.152 e. The first-order valence-corrected chi connectivity index (χ1v) is 6.96. The van der Waals surface area contributed by atoms with Crippen molar-refractivity contribution in [2.45, 2.75) is 39.0 Å². The van der Waals surface area contributed by atoms with Gasteiger partial charge in [-0.25, -0.2) is 0 Å². The van der Waals surface area contributed by atoms with Crippen molar-refractivity contribution in [2.24, 2.45) is 0 Å². The number of aliphatic hydroxyl groups is 1. The standard InChI is InChI=1S/C16H22N2O2/c1-16(2,3)17-8-13(20)10-18-9-12(11-19)14-6-4-5-7-15(14)18/h4-7,9,11,13,17,20H,8,10H2,1-3H3/p+1/t13-/m1/s1. The molecule has 0 saturated carbocycles. The van der Waals surface area contributed by atoms with Crippen LogP contribution < -0.4 is 5.32 Å². The Morgan fingerprint density at radius 2 is 2.05 bits per heavy atom. The van der Waals surface area contributed by atoms with Gasteiger partial charge in [-0.1, -0.05) is 18.2 Å². The predicted octanol–water partition coefficient (Wildman–Crippen LogP) is 1.18. The predicted molar refractivity (Wildman–Crippen MR) is 79.9 cm³/mol. The number of para-hydroxylation sites is 1. The number of fused-ring (bicyclic) bond motifs is 1. The maximum absolute atomic E-state index is 11.1. The largest absolute Gasteiger partial charge is 0.385 e. The van der Waals surface area contributed by atoms with E-state index in [0.29, 0.717) is 18.7 Å². The number of aliphatic hydroxyl groups excluding tert-OH is 1. The Kier molecular flexibility index (Phi) is 4.26. The molecule has 1 aromatic carbocycles. The molecule has 0 radical (unpaired) electrons. The molecule has 1 aromatic heterocycles. The van der Waals surface area contributed by atoms with Gasteiger partial charge in [0.15, 0.2) is 6.29 Å². The number of aldehydes is 1. The van der Waals surface area contributed by atoms with Crippen molar-refractivity contribution in [1.29, 1.82) is 0 Å². The van der Waals surface area contributed by atoms with E-state index >= 15 is 0 Å². The van der Waals surface area contributed by atoms with E-state index in [0.717, 1.165) is 17.2 Å². The molecule has 0 saturated heterocycles. The Balaban J connectivity index is 2.15. The van der Waals surface area contributed by atoms with Crippen LogP contribution in [0, 0.1) is 0 Å². The molecule has 0 aliphatic carbocycles. The highest BCUT2D eigenvalue weighted by Crippen LogP contribution is 2.20. The minimum Gasteiger partial charge on any atom is -0.385 e. The fourth-order valence-electron chi connectivity index (χ4n) is 2.31. The molecule has 4 nitrogen and oxygen atoms in total. The highest BCUT2D eigenvalue weighted by atomic mass is 16.3. The van der Waals surface area contributed by atoms with Crippen molar-refractivity contribution in [2.75, 3.05) is 6.54 Å². The van der Waals surface area contributed by atoms with Crippen LogP contribution in [0.25, 0.3) is 10.9 Å². The summed E-state index contributed by atoms with van der Waals surface area (Å²) in [5.41, 5.74) is 1.77. The van der Waals surface area contributed by atoms with E-state index in [1.807, 2.05) is 35.0 Å². The van der Waals surface area contributed by atoms with E-state index in [2.05, 4.69) is 26.1 Å². The second-order valence-electron chi connectivity index (χ2n) is 6.33. The summed E-state index contributed by atoms with van der Waals surface area (Å²) in [5, 5.41) is 13.2. The van der Waals surface area contributed by atoms with Crippen molar-refractivity contribution < 1.29 is 15.2 Å². The van der Waals surface area contributed by atoms with Crippen molar-refractivity contribution in [3.05, 3.63) is 36.0 Å². The molecule has 0 bridgehead atoms. The first kappa shape index (κ1) is 14.8. The lowest BCUT2D eigenvalue weighted by atomic mass is 10.1. The topological polar surface area (TPSA) is 58.8 Å². The maximum atomic E-state index is 11.1. The molecule has 0 aliphatic heterocycles. The molecular weight excluding hydrogens is 252 g/mol. The van der Waals surface area contributed by atoms with E-state index in [4.69, 9.17) is 0 Å². The van der Waals surface area contributed by atoms with E-state index in [9.17, 15) is 9.90 Å². The van der Waals surface area contributed by atoms with Crippen molar-refractivity contribution in [3.8, 4) is 0 Å². The monoisotopic (exact) mass is 275 g/mol. The quantitative estimate of drug-likeness (QED) is 0.805. The van der Waals surface area contributed by atoms with Crippen LogP contribution in [0.1, 0.15) is 31.1 Å². The zero-order valence-corrected chi connectivity index (χ0v) is 12.3. The van der Waals surface area contributed by atoms with E-state index in [-0.39, 0.29) is 5.54 Å². The first-order valence-electron chi connectivity index (χ1n) is 6.96. The highest BCUT2D eigenvalue weighted by Gasteiger charge is 2.17. The first-order chi connectivity index (χ1) is 9.40. The zero-order valence-electron chi connectivity index (χ0n) is 12.3. The average molecular weight is 275 g/mol. The van der Waals surface area contributed by atoms with E-state index in [1.165, 1.54) is 0 Å². The molecule has 0 aliphatic rings. The second kappa shape index (κ2) is 5.77. The minimum absolute atomic E-state index is 0.105. The fourth-order valence-corrected chi connectivity index (χ4v) is 2.31. The molecule has 2 rings (SSSR count). The van der Waals surface area contributed by atoms with Gasteiger partial charge in [-0.05, 0) is 26.8 Å². The normalized spacial score (nSPS) is 13.6. The summed E-state index contributed by atoms with van der Waals surface area (Å²) in [6.07, 6.45) is 2.24. The Morgan fingerprint density at radius 3 is 2.70 bits per heavy atom. The molecule has 0 amide bonds. The van der Waals surface area contributed by atoms with Crippen LogP contribution in [0.15, 0.2) is 30.5 Å². The molecule has 2 aromatic rings. The maximum Gasteiger partial charge on any atom is 0.152 e. The molecule has 0 spiro atoms. The third-order valence-corrected chi connectivity index (χ3v) is 3.36. The Hall–Kier alpha value is -1.65. The molecule has 4 heteroatoms. The van der Waals surface area contributed by atoms with Crippen LogP contribution in [-0.4, -0.2) is 34.1 Å². The summed E-state index contributed by atoms with van der Waals surface area (Å²) in [5.74, 6) is 0. The lowest BCUT2D eigenvalue weighted by Crippen LogP contribution is -2.96. The number of hydrogen-bond acceptors (Lipinski definition) is 2. The van der Waals surface area contributed by atoms with Gasteiger partial charge >= 0.3 is 0 Å². The summed E-state index contributed by atoms with van der Waals surface area (Å²) in [7, 11) is 0. The van der Waals surface area contributed by atoms with Crippen LogP contribution in [-0.2, 0) is 6.54 Å². The van der Waals surface area contributed by atoms with Gasteiger partial charge in [0.1, 0.15) is 12.6 Å². The van der Waals surface area contributed by atoms with Crippen LogP contribution >= 0.6 is 0 Å². The van der Waals surface area contributed by atoms with Crippen molar-refractivity contribution in [1.82, 2.24) is 4.57 Å². The molecule has 108 valence electrons. The minimum atomic E-state index is -0.440. The number of aromatic nitrogens is 1. The van der Waals surface area contributed by atoms with Crippen molar-refractivity contribution in [3.63, 3.8) is 0 Å². The van der Waals surface area contributed by atoms with E-state index in [1.54, 1.807) is 0 Å². The number of carbonyl (C=O) groups is 1. The number of benzene rings is 1. The zero-order chi connectivity index (χ0) is 14.8. The lowest BCUT2D eigenvalue weighted by Gasteiger charge is -2.20. The number of quaternary nitrogens is 1. The number of hydrogen-bond donors (Lipinski definition) is 2. The van der Waals surface area contributed by atoms with Gasteiger partial charge in [0.25, 0.3) is 0 Å². The second-order valence-corrected chi connectivity index (χ2v) is 6.33. The van der Waals surface area contributed by atoms with Gasteiger partial charge in [0.05, 0.1) is 12.1 Å². The molecule has 1 atom stereocenters. The number of nitrogens with two attached hydrogens (primary N) is 1. The van der Waals surface area contributed by atoms with Crippen LogP contribution in [0.2, 0.25) is 0 Å². The summed E-state index contributed by atoms with van der Waals surface area (Å²) in [6, 6.07) is 7.77. The summed E-state index contributed by atoms with van der Waals surface area (Å²) >= 11 is 0. The number of rotatable bonds is 5. The van der Waals surface area contributed by atoms with Gasteiger partial charge in [-0.2, -0.15) is 0 Å². The van der Waals surface area contributed by atoms with Gasteiger partial charge in [-0.3, -0.25) is 4.79 Å². The Morgan fingerprint density at radius 1 is 1.35 bits per heavy atom. The van der Waals surface area contributed by atoms with Crippen LogP contribution in [0.3, 0.4) is 0 Å². The fraction of sp³-hybridized carbons (Fsp3) is 0.438. The molecule has 0 unspecified atom stereocenters. The van der Waals surface area contributed by atoms with Gasteiger partial charge < -0.3 is 15.0 Å². The third kappa shape index (κ3) is 3.46. The van der Waals surface area contributed by atoms with Crippen molar-refractivity contribution >= 4 is 17.2 Å². The van der Waals surface area contributed by atoms with E-state index < -0.39 is 6.10 Å². The molecule has 20 heavy (non-hydrogen) atoms.